The Labute approximate surface area is 151 Å². The number of nitrogens with one attached hydrogen (secondary N) is 1. The first-order valence-corrected chi connectivity index (χ1v) is 10.2. The van der Waals surface area contributed by atoms with E-state index in [-0.39, 0.29) is 10.8 Å². The van der Waals surface area contributed by atoms with Crippen LogP contribution in [-0.2, 0) is 14.8 Å². The minimum Gasteiger partial charge on any atom is -0.497 e. The lowest BCUT2D eigenvalue weighted by atomic mass is 10.0. The molecule has 0 aliphatic heterocycles. The lowest BCUT2D eigenvalue weighted by Crippen LogP contribution is -2.48. The Hall–Kier alpha value is -1.60. The number of nitrogens with zero attached hydrogens (tertiary/aromatic N) is 1. The zero-order valence-corrected chi connectivity index (χ0v) is 16.6. The lowest BCUT2D eigenvalue weighted by molar-refractivity contribution is -0.133. The molecule has 1 aromatic rings. The summed E-state index contributed by atoms with van der Waals surface area (Å²) in [6.07, 6.45) is 1.98. The minimum absolute atomic E-state index is 0.107. The van der Waals surface area contributed by atoms with Gasteiger partial charge in [0.2, 0.25) is 15.9 Å². The first kappa shape index (κ1) is 21.4. The van der Waals surface area contributed by atoms with Gasteiger partial charge in [-0.25, -0.2) is 8.42 Å². The molecular weight excluding hydrogens is 340 g/mol. The Balaban J connectivity index is 2.83. The third-order valence-electron chi connectivity index (χ3n) is 4.40. The van der Waals surface area contributed by atoms with Crippen LogP contribution in [-0.4, -0.2) is 45.5 Å². The van der Waals surface area contributed by atoms with Crippen molar-refractivity contribution in [2.45, 2.75) is 51.5 Å². The van der Waals surface area contributed by atoms with E-state index in [1.165, 1.54) is 19.2 Å². The Morgan fingerprint density at radius 2 is 1.72 bits per heavy atom. The predicted octanol–water partition coefficient (Wildman–Crippen LogP) is 2.65. The zero-order valence-electron chi connectivity index (χ0n) is 15.8. The number of hydrogen-bond acceptors (Lipinski definition) is 4. The van der Waals surface area contributed by atoms with Gasteiger partial charge < -0.3 is 9.64 Å². The van der Waals surface area contributed by atoms with Crippen LogP contribution in [0.3, 0.4) is 0 Å². The van der Waals surface area contributed by atoms with Crippen molar-refractivity contribution in [3.63, 3.8) is 0 Å². The average Bonchev–Trinajstić information content (AvgIpc) is 2.62. The van der Waals surface area contributed by atoms with Crippen LogP contribution in [0.4, 0.5) is 0 Å². The van der Waals surface area contributed by atoms with Gasteiger partial charge in [0, 0.05) is 13.1 Å². The van der Waals surface area contributed by atoms with Crippen molar-refractivity contribution in [3.8, 4) is 5.75 Å². The van der Waals surface area contributed by atoms with Gasteiger partial charge >= 0.3 is 0 Å². The summed E-state index contributed by atoms with van der Waals surface area (Å²) in [5.74, 6) is 0.797. The maximum Gasteiger partial charge on any atom is 0.241 e. The Kier molecular flexibility index (Phi) is 8.38. The van der Waals surface area contributed by atoms with Crippen molar-refractivity contribution in [1.29, 1.82) is 0 Å². The van der Waals surface area contributed by atoms with Gasteiger partial charge in [-0.05, 0) is 44.0 Å². The van der Waals surface area contributed by atoms with Gasteiger partial charge in [0.1, 0.15) is 5.75 Å². The standard InChI is InChI=1S/C18H30N2O4S/c1-6-15(7-2)13-20(8-3)18(21)14(4)19-25(22,23)17-11-9-16(24-5)10-12-17/h9-12,14-15,19H,6-8,13H2,1-5H3/t14-/m0/s1. The molecule has 0 aromatic heterocycles. The van der Waals surface area contributed by atoms with Gasteiger partial charge in [-0.2, -0.15) is 4.72 Å². The van der Waals surface area contributed by atoms with E-state index in [0.717, 1.165) is 12.8 Å². The maximum absolute atomic E-state index is 12.6. The number of likely N-dealkylation sites (N-methyl/N-ethyl adjacent to an activating group) is 1. The average molecular weight is 371 g/mol. The monoisotopic (exact) mass is 370 g/mol. The summed E-state index contributed by atoms with van der Waals surface area (Å²) < 4.78 is 32.4. The van der Waals surface area contributed by atoms with Crippen LogP contribution < -0.4 is 9.46 Å². The largest absolute Gasteiger partial charge is 0.497 e. The molecule has 0 bridgehead atoms. The summed E-state index contributed by atoms with van der Waals surface area (Å²) in [6.45, 7) is 8.90. The second-order valence-corrected chi connectivity index (χ2v) is 7.79. The number of rotatable bonds is 10. The molecule has 0 heterocycles. The van der Waals surface area contributed by atoms with Gasteiger partial charge in [-0.3, -0.25) is 4.79 Å². The third kappa shape index (κ3) is 6.01. The number of sulfonamides is 1. The molecular formula is C18H30N2O4S. The number of hydrogen-bond donors (Lipinski definition) is 1. The van der Waals surface area contributed by atoms with Crippen LogP contribution in [0.15, 0.2) is 29.2 Å². The fraction of sp³-hybridized carbons (Fsp3) is 0.611. The highest BCUT2D eigenvalue weighted by molar-refractivity contribution is 7.89. The van der Waals surface area contributed by atoms with E-state index in [2.05, 4.69) is 18.6 Å². The van der Waals surface area contributed by atoms with Crippen LogP contribution >= 0.6 is 0 Å². The number of amides is 1. The predicted molar refractivity (Wildman–Crippen MR) is 99.1 cm³/mol. The van der Waals surface area contributed by atoms with E-state index in [1.54, 1.807) is 24.0 Å². The van der Waals surface area contributed by atoms with Gasteiger partial charge in [0.05, 0.1) is 18.0 Å². The van der Waals surface area contributed by atoms with Gasteiger partial charge in [0.15, 0.2) is 0 Å². The topological polar surface area (TPSA) is 75.7 Å². The van der Waals surface area contributed by atoms with Crippen LogP contribution in [0.25, 0.3) is 0 Å². The molecule has 0 saturated heterocycles. The Morgan fingerprint density at radius 1 is 1.16 bits per heavy atom. The number of carbonyl (C=O) groups excluding carboxylic acids is 1. The zero-order chi connectivity index (χ0) is 19.0. The molecule has 1 aromatic carbocycles. The lowest BCUT2D eigenvalue weighted by Gasteiger charge is -2.28. The van der Waals surface area contributed by atoms with Crippen LogP contribution in [0.2, 0.25) is 0 Å². The number of benzene rings is 1. The number of methoxy groups -OCH3 is 1. The quantitative estimate of drug-likeness (QED) is 0.687. The molecule has 1 atom stereocenters. The van der Waals surface area contributed by atoms with E-state index >= 15 is 0 Å². The summed E-state index contributed by atoms with van der Waals surface area (Å²) in [5, 5.41) is 0. The molecule has 1 rings (SSSR count). The van der Waals surface area contributed by atoms with Gasteiger partial charge in [0.25, 0.3) is 0 Å². The minimum atomic E-state index is -3.76. The van der Waals surface area contributed by atoms with Crippen molar-refractivity contribution in [3.05, 3.63) is 24.3 Å². The molecule has 1 N–H and O–H groups in total. The summed E-state index contributed by atoms with van der Waals surface area (Å²) in [6, 6.07) is 5.25. The van der Waals surface area contributed by atoms with E-state index < -0.39 is 16.1 Å². The molecule has 0 unspecified atom stereocenters. The van der Waals surface area contributed by atoms with Crippen molar-refractivity contribution in [1.82, 2.24) is 9.62 Å². The van der Waals surface area contributed by atoms with Crippen LogP contribution in [0, 0.1) is 5.92 Å². The van der Waals surface area contributed by atoms with Gasteiger partial charge in [-0.1, -0.05) is 26.7 Å². The molecule has 142 valence electrons. The summed E-state index contributed by atoms with van der Waals surface area (Å²) in [7, 11) is -2.25. The van der Waals surface area contributed by atoms with Crippen molar-refractivity contribution in [2.24, 2.45) is 5.92 Å². The number of carbonyl (C=O) groups is 1. The molecule has 7 heteroatoms. The molecule has 0 saturated carbocycles. The first-order chi connectivity index (χ1) is 11.8. The first-order valence-electron chi connectivity index (χ1n) is 8.74. The van der Waals surface area contributed by atoms with Crippen molar-refractivity contribution in [2.75, 3.05) is 20.2 Å². The molecule has 0 aliphatic carbocycles. The molecule has 6 nitrogen and oxygen atoms in total. The van der Waals surface area contributed by atoms with Crippen molar-refractivity contribution < 1.29 is 17.9 Å². The second-order valence-electron chi connectivity index (χ2n) is 6.08. The Morgan fingerprint density at radius 3 is 2.16 bits per heavy atom. The maximum atomic E-state index is 12.6. The fourth-order valence-electron chi connectivity index (χ4n) is 2.61. The van der Waals surface area contributed by atoms with Crippen LogP contribution in [0.1, 0.15) is 40.5 Å². The second kappa shape index (κ2) is 9.77. The smallest absolute Gasteiger partial charge is 0.241 e. The molecule has 0 spiro atoms. The van der Waals surface area contributed by atoms with E-state index in [1.807, 2.05) is 6.92 Å². The third-order valence-corrected chi connectivity index (χ3v) is 5.96. The fourth-order valence-corrected chi connectivity index (χ4v) is 3.81. The Bertz CT molecular complexity index is 640. The van der Waals surface area contributed by atoms with E-state index in [0.29, 0.717) is 24.8 Å². The van der Waals surface area contributed by atoms with Crippen molar-refractivity contribution >= 4 is 15.9 Å². The summed E-state index contributed by atoms with van der Waals surface area (Å²) in [5.41, 5.74) is 0. The van der Waals surface area contributed by atoms with Gasteiger partial charge in [-0.15, -0.1) is 0 Å². The molecule has 0 fully saturated rings. The highest BCUT2D eigenvalue weighted by Gasteiger charge is 2.26. The molecule has 0 radical (unpaired) electrons. The number of ether oxygens (including phenoxy) is 1. The highest BCUT2D eigenvalue weighted by atomic mass is 32.2. The van der Waals surface area contributed by atoms with E-state index in [9.17, 15) is 13.2 Å². The normalized spacial score (nSPS) is 12.9. The molecule has 25 heavy (non-hydrogen) atoms. The highest BCUT2D eigenvalue weighted by Crippen LogP contribution is 2.16. The SMILES string of the molecule is CCC(CC)CN(CC)C(=O)[C@H](C)NS(=O)(=O)c1ccc(OC)cc1. The van der Waals surface area contributed by atoms with E-state index in [4.69, 9.17) is 4.74 Å². The summed E-state index contributed by atoms with van der Waals surface area (Å²) >= 11 is 0. The summed E-state index contributed by atoms with van der Waals surface area (Å²) in [4.78, 5) is 14.5. The molecule has 0 aliphatic rings. The molecule has 1 amide bonds. The van der Waals surface area contributed by atoms with Crippen LogP contribution in [0.5, 0.6) is 5.75 Å².